The Morgan fingerprint density at radius 2 is 2.04 bits per heavy atom. The lowest BCUT2D eigenvalue weighted by molar-refractivity contribution is -0.131. The lowest BCUT2D eigenvalue weighted by Crippen LogP contribution is -2.32. The Bertz CT molecular complexity index is 809. The molecular weight excluding hydrogens is 333 g/mol. The van der Waals surface area contributed by atoms with Gasteiger partial charge in [-0.3, -0.25) is 14.6 Å². The number of aromatic nitrogens is 1. The first kappa shape index (κ1) is 18.0. The maximum absolute atomic E-state index is 13.8. The van der Waals surface area contributed by atoms with E-state index in [2.05, 4.69) is 10.3 Å². The van der Waals surface area contributed by atoms with Crippen molar-refractivity contribution in [1.82, 2.24) is 15.2 Å². The van der Waals surface area contributed by atoms with Crippen LogP contribution in [0.1, 0.15) is 42.8 Å². The molecule has 136 valence electrons. The molecule has 1 aromatic carbocycles. The summed E-state index contributed by atoms with van der Waals surface area (Å²) in [6, 6.07) is 11.9. The molecule has 5 nitrogen and oxygen atoms in total. The third-order valence-corrected chi connectivity index (χ3v) is 4.56. The number of hydrogen-bond acceptors (Lipinski definition) is 3. The molecule has 2 heterocycles. The minimum Gasteiger partial charge on any atom is -0.351 e. The van der Waals surface area contributed by atoms with Crippen LogP contribution in [0.15, 0.2) is 42.5 Å². The van der Waals surface area contributed by atoms with Gasteiger partial charge in [0.15, 0.2) is 0 Å². The first-order chi connectivity index (χ1) is 12.5. The predicted octanol–water partition coefficient (Wildman–Crippen LogP) is 2.76. The monoisotopic (exact) mass is 355 g/mol. The highest BCUT2D eigenvalue weighted by atomic mass is 19.1. The van der Waals surface area contributed by atoms with Gasteiger partial charge in [0.2, 0.25) is 11.8 Å². The zero-order valence-electron chi connectivity index (χ0n) is 14.7. The number of hydrogen-bond donors (Lipinski definition) is 1. The fourth-order valence-electron chi connectivity index (χ4n) is 3.28. The Morgan fingerprint density at radius 1 is 1.23 bits per heavy atom. The zero-order chi connectivity index (χ0) is 18.5. The van der Waals surface area contributed by atoms with Crippen molar-refractivity contribution < 1.29 is 14.0 Å². The maximum atomic E-state index is 13.8. The van der Waals surface area contributed by atoms with Gasteiger partial charge in [-0.25, -0.2) is 4.39 Å². The highest BCUT2D eigenvalue weighted by molar-refractivity contribution is 5.79. The van der Waals surface area contributed by atoms with Crippen molar-refractivity contribution in [2.24, 2.45) is 0 Å². The Hall–Kier alpha value is -2.76. The van der Waals surface area contributed by atoms with E-state index in [1.807, 2.05) is 18.2 Å². The van der Waals surface area contributed by atoms with E-state index in [1.165, 1.54) is 13.0 Å². The third kappa shape index (κ3) is 4.25. The molecule has 0 bridgehead atoms. The standard InChI is InChI=1S/C20H22FN3O2/c1-14(25)22-13-16-7-4-9-18(23-16)19-10-5-11-24(19)20(26)12-15-6-2-3-8-17(15)21/h2-4,6-9,19H,5,10-13H2,1H3,(H,22,25)/t19-/m1/s1. The summed E-state index contributed by atoms with van der Waals surface area (Å²) < 4.78 is 13.8. The van der Waals surface area contributed by atoms with Crippen molar-refractivity contribution in [3.8, 4) is 0 Å². The molecule has 1 N–H and O–H groups in total. The Labute approximate surface area is 152 Å². The summed E-state index contributed by atoms with van der Waals surface area (Å²) in [6.07, 6.45) is 1.78. The second kappa shape index (κ2) is 8.08. The number of benzene rings is 1. The Balaban J connectivity index is 1.73. The van der Waals surface area contributed by atoms with Gasteiger partial charge in [-0.05, 0) is 36.6 Å². The van der Waals surface area contributed by atoms with E-state index in [1.54, 1.807) is 23.1 Å². The highest BCUT2D eigenvalue weighted by Gasteiger charge is 2.31. The number of rotatable bonds is 5. The Morgan fingerprint density at radius 3 is 2.81 bits per heavy atom. The van der Waals surface area contributed by atoms with Crippen molar-refractivity contribution in [2.45, 2.75) is 38.8 Å². The van der Waals surface area contributed by atoms with Gasteiger partial charge >= 0.3 is 0 Å². The number of pyridine rings is 1. The van der Waals surface area contributed by atoms with E-state index in [4.69, 9.17) is 0 Å². The molecule has 1 atom stereocenters. The SMILES string of the molecule is CC(=O)NCc1cccc([C@H]2CCCN2C(=O)Cc2ccccc2F)n1. The minimum absolute atomic E-state index is 0.0504. The molecule has 1 aromatic heterocycles. The summed E-state index contributed by atoms with van der Waals surface area (Å²) in [5, 5.41) is 2.73. The largest absolute Gasteiger partial charge is 0.351 e. The third-order valence-electron chi connectivity index (χ3n) is 4.56. The van der Waals surface area contributed by atoms with Gasteiger partial charge in [0.1, 0.15) is 5.82 Å². The molecule has 26 heavy (non-hydrogen) atoms. The van der Waals surface area contributed by atoms with Crippen molar-refractivity contribution in [3.63, 3.8) is 0 Å². The van der Waals surface area contributed by atoms with Crippen LogP contribution in [-0.2, 0) is 22.6 Å². The van der Waals surface area contributed by atoms with Gasteiger partial charge < -0.3 is 10.2 Å². The molecule has 0 spiro atoms. The van der Waals surface area contributed by atoms with E-state index >= 15 is 0 Å². The lowest BCUT2D eigenvalue weighted by atomic mass is 10.1. The molecule has 0 saturated carbocycles. The molecule has 3 rings (SSSR count). The fourth-order valence-corrected chi connectivity index (χ4v) is 3.28. The number of nitrogens with one attached hydrogen (secondary N) is 1. The molecule has 0 unspecified atom stereocenters. The van der Waals surface area contributed by atoms with Gasteiger partial charge in [-0.2, -0.15) is 0 Å². The normalized spacial score (nSPS) is 16.5. The molecular formula is C20H22FN3O2. The average molecular weight is 355 g/mol. The summed E-state index contributed by atoms with van der Waals surface area (Å²) in [6.45, 7) is 2.47. The summed E-state index contributed by atoms with van der Waals surface area (Å²) >= 11 is 0. The first-order valence-electron chi connectivity index (χ1n) is 8.77. The quantitative estimate of drug-likeness (QED) is 0.897. The second-order valence-electron chi connectivity index (χ2n) is 6.48. The average Bonchev–Trinajstić information content (AvgIpc) is 3.12. The number of halogens is 1. The van der Waals surface area contributed by atoms with Crippen molar-refractivity contribution in [1.29, 1.82) is 0 Å². The van der Waals surface area contributed by atoms with Crippen LogP contribution in [0.2, 0.25) is 0 Å². The molecule has 2 amide bonds. The van der Waals surface area contributed by atoms with Crippen LogP contribution in [0.4, 0.5) is 4.39 Å². The fraction of sp³-hybridized carbons (Fsp3) is 0.350. The lowest BCUT2D eigenvalue weighted by Gasteiger charge is -2.25. The van der Waals surface area contributed by atoms with E-state index < -0.39 is 0 Å². The number of amides is 2. The highest BCUT2D eigenvalue weighted by Crippen LogP contribution is 2.31. The molecule has 6 heteroatoms. The zero-order valence-corrected chi connectivity index (χ0v) is 14.7. The van der Waals surface area contributed by atoms with Crippen LogP contribution in [0.3, 0.4) is 0 Å². The van der Waals surface area contributed by atoms with E-state index in [0.29, 0.717) is 18.7 Å². The summed E-state index contributed by atoms with van der Waals surface area (Å²) in [5.74, 6) is -0.557. The van der Waals surface area contributed by atoms with Crippen molar-refractivity contribution in [3.05, 3.63) is 65.2 Å². The van der Waals surface area contributed by atoms with Crippen LogP contribution in [0, 0.1) is 5.82 Å². The van der Waals surface area contributed by atoms with E-state index in [9.17, 15) is 14.0 Å². The molecule has 0 radical (unpaired) electrons. The minimum atomic E-state index is -0.355. The van der Waals surface area contributed by atoms with Crippen molar-refractivity contribution in [2.75, 3.05) is 6.54 Å². The maximum Gasteiger partial charge on any atom is 0.227 e. The molecule has 1 saturated heterocycles. The number of carbonyl (C=O) groups excluding carboxylic acids is 2. The molecule has 1 aliphatic heterocycles. The van der Waals surface area contributed by atoms with Crippen LogP contribution in [0.5, 0.6) is 0 Å². The number of nitrogens with zero attached hydrogens (tertiary/aromatic N) is 2. The predicted molar refractivity (Wildman–Crippen MR) is 95.5 cm³/mol. The topological polar surface area (TPSA) is 62.3 Å². The van der Waals surface area contributed by atoms with E-state index in [0.717, 1.165) is 24.2 Å². The number of likely N-dealkylation sites (tertiary alicyclic amines) is 1. The second-order valence-corrected chi connectivity index (χ2v) is 6.48. The summed E-state index contributed by atoms with van der Waals surface area (Å²) in [5.41, 5.74) is 1.98. The van der Waals surface area contributed by atoms with E-state index in [-0.39, 0.29) is 30.1 Å². The van der Waals surface area contributed by atoms with Crippen LogP contribution in [0.25, 0.3) is 0 Å². The van der Waals surface area contributed by atoms with Crippen molar-refractivity contribution >= 4 is 11.8 Å². The summed E-state index contributed by atoms with van der Waals surface area (Å²) in [4.78, 5) is 30.2. The Kier molecular flexibility index (Phi) is 5.61. The van der Waals surface area contributed by atoms with Crippen LogP contribution >= 0.6 is 0 Å². The molecule has 2 aromatic rings. The van der Waals surface area contributed by atoms with Gasteiger partial charge in [0, 0.05) is 13.5 Å². The van der Waals surface area contributed by atoms with Crippen LogP contribution < -0.4 is 5.32 Å². The van der Waals surface area contributed by atoms with Gasteiger partial charge in [-0.1, -0.05) is 24.3 Å². The van der Waals surface area contributed by atoms with Gasteiger partial charge in [0.25, 0.3) is 0 Å². The smallest absolute Gasteiger partial charge is 0.227 e. The van der Waals surface area contributed by atoms with Gasteiger partial charge in [0.05, 0.1) is 30.4 Å². The van der Waals surface area contributed by atoms with Crippen LogP contribution in [-0.4, -0.2) is 28.2 Å². The first-order valence-corrected chi connectivity index (χ1v) is 8.77. The molecule has 1 aliphatic rings. The summed E-state index contributed by atoms with van der Waals surface area (Å²) in [7, 11) is 0. The molecule has 0 aliphatic carbocycles. The van der Waals surface area contributed by atoms with Gasteiger partial charge in [-0.15, -0.1) is 0 Å². The molecule has 1 fully saturated rings. The number of carbonyl (C=O) groups is 2.